The summed E-state index contributed by atoms with van der Waals surface area (Å²) in [5.41, 5.74) is 13.5. The largest absolute Gasteiger partial charge is 0.307 e. The van der Waals surface area contributed by atoms with Crippen molar-refractivity contribution in [2.75, 3.05) is 0 Å². The maximum atomic E-state index is 14.4. The van der Waals surface area contributed by atoms with E-state index >= 15 is 0 Å². The molecule has 66 heavy (non-hydrogen) atoms. The highest BCUT2D eigenvalue weighted by Gasteiger charge is 2.23. The van der Waals surface area contributed by atoms with E-state index in [9.17, 15) is 4.79 Å². The fourth-order valence-corrected chi connectivity index (χ4v) is 12.5. The summed E-state index contributed by atoms with van der Waals surface area (Å²) in [4.78, 5) is 14.4. The lowest BCUT2D eigenvalue weighted by Crippen LogP contribution is -2.12. The Labute approximate surface area is 381 Å². The van der Waals surface area contributed by atoms with Crippen LogP contribution in [0.3, 0.4) is 0 Å². The van der Waals surface area contributed by atoms with Gasteiger partial charge in [-0.05, 0) is 107 Å². The lowest BCUT2D eigenvalue weighted by atomic mass is 9.96. The highest BCUT2D eigenvalue weighted by Crippen LogP contribution is 2.46. The monoisotopic (exact) mass is 857 g/mol. The third-order valence-electron chi connectivity index (χ3n) is 14.1. The molecule has 0 radical (unpaired) electrons. The van der Waals surface area contributed by atoms with E-state index in [-0.39, 0.29) is 5.56 Å². The van der Waals surface area contributed by atoms with Gasteiger partial charge in [0, 0.05) is 74.6 Å². The van der Waals surface area contributed by atoms with Gasteiger partial charge >= 0.3 is 0 Å². The van der Waals surface area contributed by atoms with Crippen molar-refractivity contribution in [2.45, 2.75) is 0 Å². The van der Waals surface area contributed by atoms with E-state index in [0.717, 1.165) is 66.0 Å². The molecule has 5 aromatic heterocycles. The highest BCUT2D eigenvalue weighted by molar-refractivity contribution is 7.26. The fourth-order valence-electron chi connectivity index (χ4n) is 11.4. The van der Waals surface area contributed by atoms with E-state index < -0.39 is 0 Å². The molecule has 0 N–H and O–H groups in total. The van der Waals surface area contributed by atoms with Gasteiger partial charge in [0.15, 0.2) is 0 Å². The third-order valence-corrected chi connectivity index (χ3v) is 15.3. The topological polar surface area (TPSA) is 31.3 Å². The SMILES string of the molecule is O=c1c2ccccc2c2cc(-c3ccccc3)cc3c4cc(-c5cccc6sc7ccc(-n8c9ccccc9c9ccc%10c%11ccccc%11n(-c%11ccccc%11)c%10c98)cc7c56)ccc4n1c23. The molecule has 5 heteroatoms. The van der Waals surface area contributed by atoms with E-state index in [1.54, 1.807) is 0 Å². The first-order valence-electron chi connectivity index (χ1n) is 22.5. The van der Waals surface area contributed by atoms with Crippen LogP contribution in [0.1, 0.15) is 0 Å². The molecular weight excluding hydrogens is 823 g/mol. The van der Waals surface area contributed by atoms with Gasteiger partial charge in [0.2, 0.25) is 0 Å². The van der Waals surface area contributed by atoms with Crippen molar-refractivity contribution in [1.29, 1.82) is 0 Å². The zero-order valence-corrected chi connectivity index (χ0v) is 36.2. The van der Waals surface area contributed by atoms with E-state index in [4.69, 9.17) is 0 Å². The van der Waals surface area contributed by atoms with Crippen LogP contribution in [0.2, 0.25) is 0 Å². The number of fused-ring (bicyclic) bond motifs is 15. The minimum atomic E-state index is 0.0169. The van der Waals surface area contributed by atoms with E-state index in [1.165, 1.54) is 69.3 Å². The molecule has 0 fully saturated rings. The van der Waals surface area contributed by atoms with Crippen LogP contribution in [-0.2, 0) is 0 Å². The molecule has 4 nitrogen and oxygen atoms in total. The molecule has 306 valence electrons. The molecule has 15 aromatic rings. The molecule has 0 spiro atoms. The predicted octanol–water partition coefficient (Wildman–Crippen LogP) is 16.1. The number of aromatic nitrogens is 3. The molecule has 0 aliphatic carbocycles. The van der Waals surface area contributed by atoms with Crippen LogP contribution in [0, 0.1) is 0 Å². The number of benzene rings is 10. The van der Waals surface area contributed by atoms with Gasteiger partial charge in [0.05, 0.1) is 33.1 Å². The van der Waals surface area contributed by atoms with Crippen LogP contribution in [0.5, 0.6) is 0 Å². The van der Waals surface area contributed by atoms with Gasteiger partial charge in [-0.25, -0.2) is 0 Å². The van der Waals surface area contributed by atoms with Crippen LogP contribution in [0.4, 0.5) is 0 Å². The number of para-hydroxylation sites is 3. The molecule has 10 aromatic carbocycles. The van der Waals surface area contributed by atoms with Gasteiger partial charge in [-0.15, -0.1) is 11.3 Å². The number of thiophene rings is 1. The molecule has 0 bridgehead atoms. The zero-order chi connectivity index (χ0) is 43.2. The van der Waals surface area contributed by atoms with Gasteiger partial charge in [-0.2, -0.15) is 0 Å². The molecule has 0 atom stereocenters. The smallest absolute Gasteiger partial charge is 0.263 e. The van der Waals surface area contributed by atoms with Crippen LogP contribution in [-0.4, -0.2) is 13.5 Å². The van der Waals surface area contributed by atoms with E-state index in [1.807, 2.05) is 33.9 Å². The summed E-state index contributed by atoms with van der Waals surface area (Å²) in [7, 11) is 0. The van der Waals surface area contributed by atoms with Crippen LogP contribution in [0.25, 0.3) is 135 Å². The quantitative estimate of drug-likeness (QED) is 0.162. The minimum Gasteiger partial charge on any atom is -0.307 e. The molecule has 0 saturated heterocycles. The number of nitrogens with zero attached hydrogens (tertiary/aromatic N) is 3. The number of pyridine rings is 1. The van der Waals surface area contributed by atoms with Crippen LogP contribution in [0.15, 0.2) is 217 Å². The van der Waals surface area contributed by atoms with Crippen molar-refractivity contribution in [3.63, 3.8) is 0 Å². The molecule has 0 unspecified atom stereocenters. The van der Waals surface area contributed by atoms with E-state index in [2.05, 4.69) is 203 Å². The Bertz CT molecular complexity index is 4590. The zero-order valence-electron chi connectivity index (χ0n) is 35.4. The van der Waals surface area contributed by atoms with Crippen molar-refractivity contribution < 1.29 is 0 Å². The van der Waals surface area contributed by atoms with Gasteiger partial charge in [-0.3, -0.25) is 9.20 Å². The summed E-state index contributed by atoms with van der Waals surface area (Å²) < 4.78 is 9.39. The van der Waals surface area contributed by atoms with Gasteiger partial charge < -0.3 is 9.13 Å². The van der Waals surface area contributed by atoms with Crippen molar-refractivity contribution in [2.24, 2.45) is 0 Å². The molecule has 0 aliphatic rings. The van der Waals surface area contributed by atoms with Crippen LogP contribution < -0.4 is 5.56 Å². The first kappa shape index (κ1) is 35.9. The Kier molecular flexibility index (Phi) is 7.22. The Morgan fingerprint density at radius 1 is 0.318 bits per heavy atom. The predicted molar refractivity (Wildman–Crippen MR) is 280 cm³/mol. The number of hydrogen-bond acceptors (Lipinski definition) is 2. The van der Waals surface area contributed by atoms with Gasteiger partial charge in [-0.1, -0.05) is 133 Å². The lowest BCUT2D eigenvalue weighted by Gasteiger charge is -2.13. The first-order valence-corrected chi connectivity index (χ1v) is 23.3. The second kappa shape index (κ2) is 13.3. The van der Waals surface area contributed by atoms with Gasteiger partial charge in [0.25, 0.3) is 5.56 Å². The summed E-state index contributed by atoms with van der Waals surface area (Å²) in [6, 6.07) is 76.6. The average molecular weight is 858 g/mol. The van der Waals surface area contributed by atoms with Gasteiger partial charge in [0.1, 0.15) is 0 Å². The molecular formula is C61H35N3OS. The molecule has 0 amide bonds. The van der Waals surface area contributed by atoms with Crippen molar-refractivity contribution in [3.05, 3.63) is 223 Å². The lowest BCUT2D eigenvalue weighted by molar-refractivity contribution is 1.15. The summed E-state index contributed by atoms with van der Waals surface area (Å²) in [5.74, 6) is 0. The third kappa shape index (κ3) is 4.79. The Morgan fingerprint density at radius 2 is 0.924 bits per heavy atom. The summed E-state index contributed by atoms with van der Waals surface area (Å²) in [6.07, 6.45) is 0. The van der Waals surface area contributed by atoms with Crippen molar-refractivity contribution in [1.82, 2.24) is 13.5 Å². The maximum Gasteiger partial charge on any atom is 0.263 e. The minimum absolute atomic E-state index is 0.0169. The normalized spacial score (nSPS) is 12.3. The highest BCUT2D eigenvalue weighted by atomic mass is 32.1. The second-order valence-electron chi connectivity index (χ2n) is 17.6. The Morgan fingerprint density at radius 3 is 1.65 bits per heavy atom. The second-order valence-corrected chi connectivity index (χ2v) is 18.6. The molecule has 15 rings (SSSR count). The fraction of sp³-hybridized carbons (Fsp3) is 0. The number of hydrogen-bond donors (Lipinski definition) is 0. The summed E-state index contributed by atoms with van der Waals surface area (Å²) >= 11 is 1.84. The molecule has 0 saturated carbocycles. The van der Waals surface area contributed by atoms with Crippen LogP contribution >= 0.6 is 11.3 Å². The number of rotatable bonds is 4. The average Bonchev–Trinajstić information content (AvgIpc) is 4.12. The molecule has 0 aliphatic heterocycles. The summed E-state index contributed by atoms with van der Waals surface area (Å²) in [6.45, 7) is 0. The summed E-state index contributed by atoms with van der Waals surface area (Å²) in [5, 5.41) is 12.4. The van der Waals surface area contributed by atoms with Crippen molar-refractivity contribution in [3.8, 4) is 33.6 Å². The van der Waals surface area contributed by atoms with Crippen molar-refractivity contribution >= 4 is 113 Å². The Hall–Kier alpha value is -8.51. The molecule has 5 heterocycles. The maximum absolute atomic E-state index is 14.4. The Balaban J connectivity index is 1.01. The standard InChI is InChI=1S/C61H35N3OS/c65-61-47-21-8-7-18-42(47)49-33-38(36-14-3-1-4-15-36)34-50-48-32-37(26-30-54(48)64(61)58(49)50)41-22-13-25-56-57(41)51-35-40(27-31-55(51)66-56)63-53-24-12-10-20-44(53)46-29-28-45-43-19-9-11-23-52(43)62(59(45)60(46)63)39-16-5-2-6-17-39/h1-35H. The van der Waals surface area contributed by atoms with E-state index in [0.29, 0.717) is 0 Å². The first-order chi connectivity index (χ1) is 32.7.